The summed E-state index contributed by atoms with van der Waals surface area (Å²) >= 11 is 2.83. The van der Waals surface area contributed by atoms with Crippen molar-refractivity contribution >= 4 is 34.7 Å². The molecule has 1 heterocycles. The summed E-state index contributed by atoms with van der Waals surface area (Å²) in [5, 5.41) is 18.6. The molecular formula is C22H17N3OS2. The molecule has 0 fully saturated rings. The first-order valence-electron chi connectivity index (χ1n) is 8.63. The van der Waals surface area contributed by atoms with Crippen molar-refractivity contribution in [2.24, 2.45) is 0 Å². The second kappa shape index (κ2) is 9.23. The van der Waals surface area contributed by atoms with Gasteiger partial charge in [0.15, 0.2) is 5.57 Å². The standard InChI is InChI=1S/C22H17N3OS2/c1-16-6-5-7-17(12-16)13-20-21(26)25(22(28-20)18(14-23)15-24)10-11-27-19-8-3-2-4-9-19/h2-9,12-13H,10-11H2,1H3/b20-13-. The molecule has 4 nitrogen and oxygen atoms in total. The maximum absolute atomic E-state index is 13.0. The largest absolute Gasteiger partial charge is 0.296 e. The van der Waals surface area contributed by atoms with E-state index in [1.54, 1.807) is 16.3 Å². The highest BCUT2D eigenvalue weighted by molar-refractivity contribution is 7.99. The Kier molecular flexibility index (Phi) is 6.49. The van der Waals surface area contributed by atoms with Crippen LogP contribution in [0.4, 0.5) is 0 Å². The van der Waals surface area contributed by atoms with Crippen LogP contribution in [0.1, 0.15) is 11.1 Å². The number of nitriles is 2. The fourth-order valence-electron chi connectivity index (χ4n) is 2.71. The fraction of sp³-hybridized carbons (Fsp3) is 0.136. The van der Waals surface area contributed by atoms with E-state index in [-0.39, 0.29) is 11.1 Å². The number of rotatable bonds is 5. The minimum absolute atomic E-state index is 0.0318. The van der Waals surface area contributed by atoms with Crippen molar-refractivity contribution in [1.29, 1.82) is 10.5 Å². The van der Waals surface area contributed by atoms with Crippen LogP contribution in [0, 0.1) is 29.6 Å². The molecule has 0 amide bonds. The van der Waals surface area contributed by atoms with E-state index in [4.69, 9.17) is 0 Å². The Balaban J connectivity index is 2.02. The molecule has 0 saturated heterocycles. The lowest BCUT2D eigenvalue weighted by molar-refractivity contribution is 0.730. The number of hydrogen-bond donors (Lipinski definition) is 0. The van der Waals surface area contributed by atoms with Gasteiger partial charge in [-0.25, -0.2) is 0 Å². The summed E-state index contributed by atoms with van der Waals surface area (Å²) in [6.45, 7) is 2.42. The van der Waals surface area contributed by atoms with Gasteiger partial charge in [0.05, 0.1) is 4.53 Å². The predicted molar refractivity (Wildman–Crippen MR) is 114 cm³/mol. The van der Waals surface area contributed by atoms with Crippen molar-refractivity contribution < 1.29 is 0 Å². The van der Waals surface area contributed by atoms with E-state index in [2.05, 4.69) is 0 Å². The predicted octanol–water partition coefficient (Wildman–Crippen LogP) is 3.04. The van der Waals surface area contributed by atoms with Crippen molar-refractivity contribution in [1.82, 2.24) is 4.57 Å². The lowest BCUT2D eigenvalue weighted by Gasteiger charge is -2.03. The van der Waals surface area contributed by atoms with Gasteiger partial charge in [0.25, 0.3) is 5.56 Å². The molecule has 0 spiro atoms. The number of benzene rings is 2. The first-order valence-corrected chi connectivity index (χ1v) is 10.4. The molecule has 3 aromatic rings. The summed E-state index contributed by atoms with van der Waals surface area (Å²) < 4.78 is 2.49. The molecule has 0 radical (unpaired) electrons. The number of aryl methyl sites for hydroxylation is 1. The quantitative estimate of drug-likeness (QED) is 0.614. The van der Waals surface area contributed by atoms with Gasteiger partial charge < -0.3 is 0 Å². The zero-order valence-electron chi connectivity index (χ0n) is 15.3. The Morgan fingerprint density at radius 3 is 2.57 bits per heavy atom. The third kappa shape index (κ3) is 4.61. The van der Waals surface area contributed by atoms with Gasteiger partial charge in [0.1, 0.15) is 16.8 Å². The van der Waals surface area contributed by atoms with Crippen LogP contribution in [0.15, 0.2) is 64.3 Å². The molecule has 0 atom stereocenters. The van der Waals surface area contributed by atoms with Crippen molar-refractivity contribution in [2.45, 2.75) is 18.4 Å². The van der Waals surface area contributed by atoms with E-state index in [9.17, 15) is 15.3 Å². The summed E-state index contributed by atoms with van der Waals surface area (Å²) in [4.78, 5) is 14.1. The molecule has 0 aliphatic heterocycles. The minimum atomic E-state index is -0.168. The van der Waals surface area contributed by atoms with E-state index in [0.717, 1.165) is 16.0 Å². The number of nitrogens with zero attached hydrogens (tertiary/aromatic N) is 3. The first-order chi connectivity index (χ1) is 13.6. The molecule has 1 aromatic heterocycles. The molecule has 6 heteroatoms. The summed E-state index contributed by atoms with van der Waals surface area (Å²) in [6.07, 6.45) is 1.82. The van der Waals surface area contributed by atoms with E-state index >= 15 is 0 Å². The summed E-state index contributed by atoms with van der Waals surface area (Å²) in [5.74, 6) is 0.668. The Bertz CT molecular complexity index is 1230. The second-order valence-corrected chi connectivity index (χ2v) is 8.25. The van der Waals surface area contributed by atoms with Crippen molar-refractivity contribution in [3.05, 3.63) is 85.3 Å². The van der Waals surface area contributed by atoms with Gasteiger partial charge in [0, 0.05) is 17.2 Å². The van der Waals surface area contributed by atoms with Crippen molar-refractivity contribution in [3.8, 4) is 12.1 Å². The maximum atomic E-state index is 13.0. The average molecular weight is 404 g/mol. The molecule has 0 aliphatic rings. The molecular weight excluding hydrogens is 386 g/mol. The minimum Gasteiger partial charge on any atom is -0.296 e. The summed E-state index contributed by atoms with van der Waals surface area (Å²) in [5.41, 5.74) is 1.83. The van der Waals surface area contributed by atoms with Crippen LogP contribution < -0.4 is 14.8 Å². The monoisotopic (exact) mass is 403 g/mol. The van der Waals surface area contributed by atoms with Crippen LogP contribution in [-0.2, 0) is 6.54 Å². The van der Waals surface area contributed by atoms with Gasteiger partial charge in [-0.1, -0.05) is 48.0 Å². The molecule has 0 bridgehead atoms. The number of aromatic nitrogens is 1. The first kappa shape index (κ1) is 19.7. The van der Waals surface area contributed by atoms with Gasteiger partial charge in [-0.15, -0.1) is 23.1 Å². The third-order valence-electron chi connectivity index (χ3n) is 4.01. The molecule has 0 N–H and O–H groups in total. The normalized spacial score (nSPS) is 11.0. The van der Waals surface area contributed by atoms with Crippen molar-refractivity contribution in [2.75, 3.05) is 5.75 Å². The van der Waals surface area contributed by atoms with Gasteiger partial charge in [-0.2, -0.15) is 10.5 Å². The van der Waals surface area contributed by atoms with E-state index < -0.39 is 0 Å². The zero-order valence-corrected chi connectivity index (χ0v) is 16.9. The SMILES string of the molecule is Cc1cccc(/C=c2\sc(=C(C#N)C#N)n(CCSc3ccccc3)c2=O)c1. The Morgan fingerprint density at radius 1 is 1.14 bits per heavy atom. The van der Waals surface area contributed by atoms with Gasteiger partial charge in [-0.3, -0.25) is 9.36 Å². The molecule has 138 valence electrons. The van der Waals surface area contributed by atoms with Gasteiger partial charge >= 0.3 is 0 Å². The highest BCUT2D eigenvalue weighted by Gasteiger charge is 2.09. The fourth-order valence-corrected chi connectivity index (χ4v) is 4.65. The van der Waals surface area contributed by atoms with E-state index in [1.165, 1.54) is 11.3 Å². The molecule has 2 aromatic carbocycles. The molecule has 0 unspecified atom stereocenters. The molecule has 3 rings (SSSR count). The summed E-state index contributed by atoms with van der Waals surface area (Å²) in [6, 6.07) is 21.6. The van der Waals surface area contributed by atoms with Crippen LogP contribution >= 0.6 is 23.1 Å². The second-order valence-electron chi connectivity index (χ2n) is 6.05. The van der Waals surface area contributed by atoms with E-state index in [1.807, 2.05) is 79.7 Å². The lowest BCUT2D eigenvalue weighted by Crippen LogP contribution is -2.32. The zero-order chi connectivity index (χ0) is 19.9. The average Bonchev–Trinajstić information content (AvgIpc) is 3.00. The van der Waals surface area contributed by atoms with Crippen LogP contribution in [0.5, 0.6) is 0 Å². The molecule has 0 saturated carbocycles. The Hall–Kier alpha value is -3.06. The topological polar surface area (TPSA) is 69.6 Å². The van der Waals surface area contributed by atoms with E-state index in [0.29, 0.717) is 21.5 Å². The van der Waals surface area contributed by atoms with Crippen LogP contribution in [0.2, 0.25) is 0 Å². The Morgan fingerprint density at radius 2 is 1.89 bits per heavy atom. The van der Waals surface area contributed by atoms with Gasteiger partial charge in [0.2, 0.25) is 0 Å². The van der Waals surface area contributed by atoms with Gasteiger partial charge in [-0.05, 0) is 30.7 Å². The van der Waals surface area contributed by atoms with Crippen molar-refractivity contribution in [3.63, 3.8) is 0 Å². The number of thioether (sulfide) groups is 1. The van der Waals surface area contributed by atoms with Crippen LogP contribution in [-0.4, -0.2) is 10.3 Å². The third-order valence-corrected chi connectivity index (χ3v) is 6.13. The highest BCUT2D eigenvalue weighted by Crippen LogP contribution is 2.16. The Labute approximate surface area is 171 Å². The number of hydrogen-bond acceptors (Lipinski definition) is 5. The number of thiazole rings is 1. The highest BCUT2D eigenvalue weighted by atomic mass is 32.2. The van der Waals surface area contributed by atoms with Crippen LogP contribution in [0.3, 0.4) is 0 Å². The molecule has 0 aliphatic carbocycles. The van der Waals surface area contributed by atoms with Crippen LogP contribution in [0.25, 0.3) is 11.6 Å². The summed E-state index contributed by atoms with van der Waals surface area (Å²) in [7, 11) is 0. The smallest absolute Gasteiger partial charge is 0.269 e. The lowest BCUT2D eigenvalue weighted by atomic mass is 10.1. The molecule has 28 heavy (non-hydrogen) atoms. The maximum Gasteiger partial charge on any atom is 0.269 e.